The quantitative estimate of drug-likeness (QED) is 0.702. The summed E-state index contributed by atoms with van der Waals surface area (Å²) in [4.78, 5) is 13.9. The second kappa shape index (κ2) is 4.48. The van der Waals surface area contributed by atoms with Gasteiger partial charge in [-0.25, -0.2) is 14.4 Å². The van der Waals surface area contributed by atoms with Crippen molar-refractivity contribution < 1.29 is 4.39 Å². The predicted molar refractivity (Wildman–Crippen MR) is 78.0 cm³/mol. The van der Waals surface area contributed by atoms with Gasteiger partial charge >= 0.3 is 0 Å². The Bertz CT molecular complexity index is 778. The summed E-state index contributed by atoms with van der Waals surface area (Å²) in [7, 11) is 3.83. The van der Waals surface area contributed by atoms with Gasteiger partial charge in [-0.1, -0.05) is 0 Å². The molecule has 0 spiro atoms. The number of anilines is 2. The molecule has 2 heterocycles. The van der Waals surface area contributed by atoms with Crippen molar-refractivity contribution in [1.82, 2.24) is 15.0 Å². The van der Waals surface area contributed by atoms with E-state index >= 15 is 0 Å². The summed E-state index contributed by atoms with van der Waals surface area (Å²) in [6, 6.07) is 8.06. The van der Waals surface area contributed by atoms with Gasteiger partial charge in [-0.3, -0.25) is 0 Å². The maximum Gasteiger partial charge on any atom is 0.180 e. The number of nitrogens with zero attached hydrogens (tertiary/aromatic N) is 3. The van der Waals surface area contributed by atoms with Crippen molar-refractivity contribution in [3.8, 4) is 11.4 Å². The van der Waals surface area contributed by atoms with Crippen molar-refractivity contribution in [1.29, 1.82) is 0 Å². The van der Waals surface area contributed by atoms with E-state index in [0.29, 0.717) is 22.7 Å². The zero-order valence-corrected chi connectivity index (χ0v) is 11.2. The zero-order valence-electron chi connectivity index (χ0n) is 11.2. The summed E-state index contributed by atoms with van der Waals surface area (Å²) in [5.74, 6) is 1.04. The Morgan fingerprint density at radius 3 is 2.65 bits per heavy atom. The number of aromatic nitrogens is 3. The highest BCUT2D eigenvalue weighted by molar-refractivity contribution is 5.81. The molecule has 2 aromatic heterocycles. The molecule has 20 heavy (non-hydrogen) atoms. The predicted octanol–water partition coefficient (Wildman–Crippen LogP) is 2.41. The van der Waals surface area contributed by atoms with E-state index in [1.165, 1.54) is 12.1 Å². The van der Waals surface area contributed by atoms with E-state index in [9.17, 15) is 4.39 Å². The highest BCUT2D eigenvalue weighted by atomic mass is 19.1. The van der Waals surface area contributed by atoms with Crippen LogP contribution >= 0.6 is 0 Å². The zero-order chi connectivity index (χ0) is 14.3. The highest BCUT2D eigenvalue weighted by Crippen LogP contribution is 2.26. The minimum Gasteiger partial charge on any atom is -0.398 e. The van der Waals surface area contributed by atoms with E-state index in [1.807, 2.05) is 31.1 Å². The fourth-order valence-corrected chi connectivity index (χ4v) is 2.01. The molecule has 0 aliphatic rings. The lowest BCUT2D eigenvalue weighted by Gasteiger charge is -2.09. The molecule has 0 fully saturated rings. The fraction of sp³-hybridized carbons (Fsp3) is 0.143. The van der Waals surface area contributed by atoms with Crippen LogP contribution in [0, 0.1) is 5.82 Å². The number of imidazole rings is 1. The average Bonchev–Trinajstić information content (AvgIpc) is 2.80. The molecule has 1 aromatic carbocycles. The average molecular weight is 271 g/mol. The van der Waals surface area contributed by atoms with Gasteiger partial charge in [0, 0.05) is 25.3 Å². The topological polar surface area (TPSA) is 70.8 Å². The van der Waals surface area contributed by atoms with Gasteiger partial charge in [0.2, 0.25) is 0 Å². The van der Waals surface area contributed by atoms with E-state index in [4.69, 9.17) is 5.73 Å². The van der Waals surface area contributed by atoms with Gasteiger partial charge in [-0.15, -0.1) is 0 Å². The molecule has 3 N–H and O–H groups in total. The summed E-state index contributed by atoms with van der Waals surface area (Å²) >= 11 is 0. The first-order chi connectivity index (χ1) is 9.54. The van der Waals surface area contributed by atoms with Crippen molar-refractivity contribution in [3.63, 3.8) is 0 Å². The van der Waals surface area contributed by atoms with Gasteiger partial charge in [-0.2, -0.15) is 0 Å². The Balaban J connectivity index is 2.13. The number of rotatable bonds is 2. The van der Waals surface area contributed by atoms with Crippen LogP contribution in [0.4, 0.5) is 15.9 Å². The summed E-state index contributed by atoms with van der Waals surface area (Å²) < 4.78 is 13.1. The number of hydrogen-bond acceptors (Lipinski definition) is 4. The number of nitrogens with two attached hydrogens (primary N) is 1. The van der Waals surface area contributed by atoms with E-state index in [-0.39, 0.29) is 5.82 Å². The van der Waals surface area contributed by atoms with Crippen LogP contribution in [0.2, 0.25) is 0 Å². The maximum atomic E-state index is 13.1. The van der Waals surface area contributed by atoms with Crippen LogP contribution in [0.5, 0.6) is 0 Å². The van der Waals surface area contributed by atoms with Crippen LogP contribution in [0.25, 0.3) is 22.6 Å². The summed E-state index contributed by atoms with van der Waals surface area (Å²) in [5.41, 5.74) is 8.25. The van der Waals surface area contributed by atoms with Gasteiger partial charge in [0.05, 0.1) is 5.52 Å². The fourth-order valence-electron chi connectivity index (χ4n) is 2.01. The van der Waals surface area contributed by atoms with Crippen LogP contribution in [-0.4, -0.2) is 29.0 Å². The number of fused-ring (bicyclic) bond motifs is 1. The first-order valence-corrected chi connectivity index (χ1v) is 6.14. The molecule has 3 rings (SSSR count). The van der Waals surface area contributed by atoms with Crippen molar-refractivity contribution in [2.75, 3.05) is 24.7 Å². The summed E-state index contributed by atoms with van der Waals surface area (Å²) in [6.07, 6.45) is 0. The SMILES string of the molecule is CN(C)c1ccc2[nH]c(-c3ccc(F)cc3N)nc2n1. The van der Waals surface area contributed by atoms with E-state index < -0.39 is 0 Å². The van der Waals surface area contributed by atoms with Crippen LogP contribution in [0.1, 0.15) is 0 Å². The van der Waals surface area contributed by atoms with Gasteiger partial charge in [0.15, 0.2) is 5.65 Å². The molecule has 0 saturated carbocycles. The van der Waals surface area contributed by atoms with E-state index in [0.717, 1.165) is 11.3 Å². The van der Waals surface area contributed by atoms with Gasteiger partial charge in [0.1, 0.15) is 17.5 Å². The van der Waals surface area contributed by atoms with Gasteiger partial charge < -0.3 is 15.6 Å². The third kappa shape index (κ3) is 2.05. The van der Waals surface area contributed by atoms with Crippen LogP contribution in [0.15, 0.2) is 30.3 Å². The Hall–Kier alpha value is -2.63. The molecule has 0 atom stereocenters. The number of nitrogens with one attached hydrogen (secondary N) is 1. The van der Waals surface area contributed by atoms with Gasteiger partial charge in [-0.05, 0) is 30.3 Å². The molecule has 6 heteroatoms. The molecule has 0 radical (unpaired) electrons. The first-order valence-electron chi connectivity index (χ1n) is 6.14. The summed E-state index contributed by atoms with van der Waals surface area (Å²) in [6.45, 7) is 0. The lowest BCUT2D eigenvalue weighted by atomic mass is 10.1. The van der Waals surface area contributed by atoms with Crippen LogP contribution in [0.3, 0.4) is 0 Å². The van der Waals surface area contributed by atoms with E-state index in [1.54, 1.807) is 6.07 Å². The Morgan fingerprint density at radius 2 is 1.95 bits per heavy atom. The Labute approximate surface area is 115 Å². The molecule has 5 nitrogen and oxygen atoms in total. The second-order valence-corrected chi connectivity index (χ2v) is 4.75. The third-order valence-electron chi connectivity index (χ3n) is 3.06. The molecule has 0 amide bonds. The Kier molecular flexibility index (Phi) is 2.78. The number of aromatic amines is 1. The van der Waals surface area contributed by atoms with Crippen molar-refractivity contribution >= 4 is 22.7 Å². The van der Waals surface area contributed by atoms with Crippen LogP contribution < -0.4 is 10.6 Å². The van der Waals surface area contributed by atoms with Crippen molar-refractivity contribution in [2.24, 2.45) is 0 Å². The molecular formula is C14H14FN5. The number of benzene rings is 1. The second-order valence-electron chi connectivity index (χ2n) is 4.75. The normalized spacial score (nSPS) is 10.9. The minimum atomic E-state index is -0.365. The molecule has 3 aromatic rings. The lowest BCUT2D eigenvalue weighted by molar-refractivity contribution is 0.628. The highest BCUT2D eigenvalue weighted by Gasteiger charge is 2.10. The largest absolute Gasteiger partial charge is 0.398 e. The molecule has 0 bridgehead atoms. The number of H-pyrrole nitrogens is 1. The van der Waals surface area contributed by atoms with Gasteiger partial charge in [0.25, 0.3) is 0 Å². The number of halogens is 1. The minimum absolute atomic E-state index is 0.344. The monoisotopic (exact) mass is 271 g/mol. The molecule has 0 saturated heterocycles. The number of pyridine rings is 1. The lowest BCUT2D eigenvalue weighted by Crippen LogP contribution is -2.10. The van der Waals surface area contributed by atoms with Crippen LogP contribution in [-0.2, 0) is 0 Å². The molecule has 0 unspecified atom stereocenters. The Morgan fingerprint density at radius 1 is 1.15 bits per heavy atom. The number of nitrogen functional groups attached to an aromatic ring is 1. The molecule has 0 aliphatic heterocycles. The van der Waals surface area contributed by atoms with Crippen molar-refractivity contribution in [2.45, 2.75) is 0 Å². The first kappa shape index (κ1) is 12.4. The molecule has 0 aliphatic carbocycles. The summed E-state index contributed by atoms with van der Waals surface area (Å²) in [5, 5.41) is 0. The third-order valence-corrected chi connectivity index (χ3v) is 3.06. The van der Waals surface area contributed by atoms with Crippen molar-refractivity contribution in [3.05, 3.63) is 36.1 Å². The molecular weight excluding hydrogens is 257 g/mol. The maximum absolute atomic E-state index is 13.1. The smallest absolute Gasteiger partial charge is 0.180 e. The van der Waals surface area contributed by atoms with E-state index in [2.05, 4.69) is 15.0 Å². The molecule has 102 valence electrons. The number of hydrogen-bond donors (Lipinski definition) is 2. The standard InChI is InChI=1S/C14H14FN5/c1-20(2)12-6-5-11-14(18-12)19-13(17-11)9-4-3-8(15)7-10(9)16/h3-7H,16H2,1-2H3,(H,17,18,19).